The number of nitrogens with zero attached hydrogens (tertiary/aromatic N) is 1. The van der Waals surface area contributed by atoms with E-state index in [4.69, 9.17) is 17.3 Å². The van der Waals surface area contributed by atoms with Crippen LogP contribution in [-0.4, -0.2) is 10.8 Å². The van der Waals surface area contributed by atoms with Gasteiger partial charge in [0.1, 0.15) is 10.7 Å². The third kappa shape index (κ3) is 3.13. The summed E-state index contributed by atoms with van der Waals surface area (Å²) in [4.78, 5) is 17.1. The first-order valence-electron chi connectivity index (χ1n) is 5.04. The average molecular weight is 287 g/mol. The van der Waals surface area contributed by atoms with Crippen molar-refractivity contribution in [3.63, 3.8) is 0 Å². The molecule has 2 heterocycles. The summed E-state index contributed by atoms with van der Waals surface area (Å²) in [5, 5.41) is 2.55. The molecule has 0 saturated heterocycles. The molecule has 2 rings (SSSR count). The van der Waals surface area contributed by atoms with Crippen LogP contribution in [0.2, 0.25) is 4.34 Å². The summed E-state index contributed by atoms with van der Waals surface area (Å²) < 4.78 is 0.697. The molecule has 0 aromatic carbocycles. The molecule has 0 fully saturated rings. The molecule has 2 N–H and O–H groups in total. The van der Waals surface area contributed by atoms with Crippen LogP contribution in [-0.2, 0) is 6.42 Å². The van der Waals surface area contributed by atoms with Gasteiger partial charge in [-0.15, -0.1) is 22.7 Å². The van der Waals surface area contributed by atoms with Crippen LogP contribution in [0, 0.1) is 0 Å². The molecule has 6 heteroatoms. The van der Waals surface area contributed by atoms with E-state index in [-0.39, 0.29) is 11.8 Å². The Morgan fingerprint density at radius 3 is 2.88 bits per heavy atom. The largest absolute Gasteiger partial charge is 0.322 e. The summed E-state index contributed by atoms with van der Waals surface area (Å²) in [5.74, 6) is 0.00617. The van der Waals surface area contributed by atoms with Gasteiger partial charge in [0, 0.05) is 16.7 Å². The molecule has 90 valence electrons. The fourth-order valence-corrected chi connectivity index (χ4v) is 3.19. The quantitative estimate of drug-likeness (QED) is 0.878. The van der Waals surface area contributed by atoms with E-state index >= 15 is 0 Å². The van der Waals surface area contributed by atoms with Gasteiger partial charge in [0.2, 0.25) is 0 Å². The van der Waals surface area contributed by atoms with Gasteiger partial charge >= 0.3 is 0 Å². The molecule has 3 nitrogen and oxygen atoms in total. The number of rotatable bonds is 4. The lowest BCUT2D eigenvalue weighted by atomic mass is 10.2. The van der Waals surface area contributed by atoms with Crippen LogP contribution in [0.25, 0.3) is 0 Å². The van der Waals surface area contributed by atoms with Gasteiger partial charge in [0.15, 0.2) is 5.78 Å². The Bertz CT molecular complexity index is 533. The minimum atomic E-state index is -0.127. The minimum Gasteiger partial charge on any atom is -0.322 e. The maximum Gasteiger partial charge on any atom is 0.187 e. The smallest absolute Gasteiger partial charge is 0.187 e. The fraction of sp³-hybridized carbons (Fsp3) is 0.273. The van der Waals surface area contributed by atoms with Crippen molar-refractivity contribution < 1.29 is 4.79 Å². The fourth-order valence-electron chi connectivity index (χ4n) is 1.32. The number of ketones is 1. The first kappa shape index (κ1) is 12.7. The van der Waals surface area contributed by atoms with Gasteiger partial charge in [0.25, 0.3) is 0 Å². The zero-order valence-electron chi connectivity index (χ0n) is 9.14. The van der Waals surface area contributed by atoms with E-state index in [9.17, 15) is 4.79 Å². The number of hydrogen-bond donors (Lipinski definition) is 1. The van der Waals surface area contributed by atoms with Gasteiger partial charge in [-0.1, -0.05) is 11.6 Å². The summed E-state index contributed by atoms with van der Waals surface area (Å²) >= 11 is 8.65. The maximum atomic E-state index is 11.9. The lowest BCUT2D eigenvalue weighted by Gasteiger charge is -1.97. The second-order valence-electron chi connectivity index (χ2n) is 3.67. The number of carbonyl (C=O) groups excluding carboxylic acids is 1. The second kappa shape index (κ2) is 5.27. The van der Waals surface area contributed by atoms with E-state index in [0.717, 1.165) is 9.88 Å². The van der Waals surface area contributed by atoms with Gasteiger partial charge in [0.05, 0.1) is 10.4 Å². The molecule has 0 spiro atoms. The average Bonchev–Trinajstić information content (AvgIpc) is 2.86. The van der Waals surface area contributed by atoms with Crippen LogP contribution >= 0.6 is 34.3 Å². The van der Waals surface area contributed by atoms with E-state index in [0.29, 0.717) is 16.5 Å². The highest BCUT2D eigenvalue weighted by Gasteiger charge is 2.14. The first-order chi connectivity index (χ1) is 8.06. The van der Waals surface area contributed by atoms with E-state index in [2.05, 4.69) is 4.98 Å². The molecule has 0 saturated carbocycles. The second-order valence-corrected chi connectivity index (χ2v) is 6.35. The van der Waals surface area contributed by atoms with Crippen molar-refractivity contribution in [3.8, 4) is 0 Å². The van der Waals surface area contributed by atoms with Crippen LogP contribution in [0.1, 0.15) is 33.3 Å². The van der Waals surface area contributed by atoms with Gasteiger partial charge in [-0.3, -0.25) is 4.79 Å². The van der Waals surface area contributed by atoms with Crippen molar-refractivity contribution in [1.29, 1.82) is 0 Å². The molecule has 0 aliphatic rings. The summed E-state index contributed by atoms with van der Waals surface area (Å²) in [6, 6.07) is 3.53. The maximum absolute atomic E-state index is 11.9. The van der Waals surface area contributed by atoms with Gasteiger partial charge in [-0.2, -0.15) is 0 Å². The number of thiazole rings is 1. The Kier molecular flexibility index (Phi) is 3.93. The number of aromatic nitrogens is 1. The molecule has 17 heavy (non-hydrogen) atoms. The molecule has 0 aliphatic carbocycles. The zero-order valence-corrected chi connectivity index (χ0v) is 11.5. The Balaban J connectivity index is 2.09. The zero-order chi connectivity index (χ0) is 12.4. The van der Waals surface area contributed by atoms with E-state index in [1.54, 1.807) is 11.4 Å². The van der Waals surface area contributed by atoms with Crippen molar-refractivity contribution >= 4 is 40.1 Å². The molecular formula is C11H11ClN2OS2. The van der Waals surface area contributed by atoms with Crippen LogP contribution in [0.5, 0.6) is 0 Å². The highest BCUT2D eigenvalue weighted by molar-refractivity contribution is 7.16. The Morgan fingerprint density at radius 1 is 1.59 bits per heavy atom. The summed E-state index contributed by atoms with van der Waals surface area (Å²) in [6.45, 7) is 1.85. The number of hydrogen-bond acceptors (Lipinski definition) is 5. The lowest BCUT2D eigenvalue weighted by Crippen LogP contribution is -2.07. The van der Waals surface area contributed by atoms with Gasteiger partial charge in [-0.25, -0.2) is 4.98 Å². The minimum absolute atomic E-state index is 0.00617. The van der Waals surface area contributed by atoms with E-state index in [1.807, 2.05) is 13.0 Å². The molecule has 2 aromatic rings. The summed E-state index contributed by atoms with van der Waals surface area (Å²) in [5.41, 5.74) is 6.20. The molecule has 0 bridgehead atoms. The molecule has 0 aliphatic heterocycles. The van der Waals surface area contributed by atoms with Crippen LogP contribution in [0.4, 0.5) is 0 Å². The standard InChI is InChI=1S/C11H11ClN2OS2/c1-6(13)11-14-8(5-16-11)9(15)4-7-2-3-10(12)17-7/h2-3,5-6H,4,13H2,1H3. The molecule has 0 amide bonds. The molecule has 1 unspecified atom stereocenters. The molecule has 1 atom stereocenters. The van der Waals surface area contributed by atoms with Crippen molar-refractivity contribution in [3.05, 3.63) is 37.4 Å². The summed E-state index contributed by atoms with van der Waals surface area (Å²) in [7, 11) is 0. The number of Topliss-reactive ketones (excluding diaryl/α,β-unsaturated/α-hetero) is 1. The predicted octanol–water partition coefficient (Wildman–Crippen LogP) is 3.30. The third-order valence-electron chi connectivity index (χ3n) is 2.16. The van der Waals surface area contributed by atoms with Crippen LogP contribution in [0.3, 0.4) is 0 Å². The van der Waals surface area contributed by atoms with Crippen molar-refractivity contribution in [2.45, 2.75) is 19.4 Å². The first-order valence-corrected chi connectivity index (χ1v) is 7.12. The van der Waals surface area contributed by atoms with Crippen LogP contribution < -0.4 is 5.73 Å². The number of nitrogens with two attached hydrogens (primary N) is 1. The highest BCUT2D eigenvalue weighted by atomic mass is 35.5. The van der Waals surface area contributed by atoms with E-state index < -0.39 is 0 Å². The Hall–Kier alpha value is -0.750. The Labute approximate surface area is 112 Å². The van der Waals surface area contributed by atoms with Crippen LogP contribution in [0.15, 0.2) is 17.5 Å². The van der Waals surface area contributed by atoms with Crippen molar-refractivity contribution in [2.75, 3.05) is 0 Å². The molecule has 2 aromatic heterocycles. The van der Waals surface area contributed by atoms with Gasteiger partial charge < -0.3 is 5.73 Å². The molecule has 0 radical (unpaired) electrons. The van der Waals surface area contributed by atoms with E-state index in [1.165, 1.54) is 22.7 Å². The summed E-state index contributed by atoms with van der Waals surface area (Å²) in [6.07, 6.45) is 0.347. The van der Waals surface area contributed by atoms with Gasteiger partial charge in [-0.05, 0) is 19.1 Å². The topological polar surface area (TPSA) is 56.0 Å². The SMILES string of the molecule is CC(N)c1nc(C(=O)Cc2ccc(Cl)s2)cs1. The number of halogens is 1. The number of thiophene rings is 1. The predicted molar refractivity (Wildman–Crippen MR) is 72.1 cm³/mol. The molecular weight excluding hydrogens is 276 g/mol. The highest BCUT2D eigenvalue weighted by Crippen LogP contribution is 2.23. The lowest BCUT2D eigenvalue weighted by molar-refractivity contribution is 0.0989. The third-order valence-corrected chi connectivity index (χ3v) is 4.44. The van der Waals surface area contributed by atoms with Crippen molar-refractivity contribution in [2.24, 2.45) is 5.73 Å². The number of carbonyl (C=O) groups is 1. The van der Waals surface area contributed by atoms with Crippen molar-refractivity contribution in [1.82, 2.24) is 4.98 Å². The monoisotopic (exact) mass is 286 g/mol. The Morgan fingerprint density at radius 2 is 2.35 bits per heavy atom. The normalized spacial score (nSPS) is 12.6.